The van der Waals surface area contributed by atoms with Gasteiger partial charge in [0.2, 0.25) is 0 Å². The molecule has 0 fully saturated rings. The van der Waals surface area contributed by atoms with Crippen molar-refractivity contribution >= 4 is 16.7 Å². The molecule has 0 radical (unpaired) electrons. The molecule has 2 heterocycles. The Kier molecular flexibility index (Phi) is 3.47. The molecule has 1 aromatic heterocycles. The fourth-order valence-electron chi connectivity index (χ4n) is 4.01. The third kappa shape index (κ3) is 2.33. The van der Waals surface area contributed by atoms with E-state index in [0.29, 0.717) is 6.61 Å². The molecule has 4 heteroatoms. The number of ether oxygens (including phenoxy) is 1. The van der Waals surface area contributed by atoms with Gasteiger partial charge in [0.25, 0.3) is 0 Å². The average Bonchev–Trinajstić information content (AvgIpc) is 3.10. The van der Waals surface area contributed by atoms with Crippen molar-refractivity contribution in [3.8, 4) is 17.1 Å². The van der Waals surface area contributed by atoms with Gasteiger partial charge in [0.05, 0.1) is 17.6 Å². The first-order valence-corrected chi connectivity index (χ1v) is 9.29. The highest BCUT2D eigenvalue weighted by Crippen LogP contribution is 2.43. The average molecular weight is 355 g/mol. The number of hydrogen-bond donors (Lipinski definition) is 1. The van der Waals surface area contributed by atoms with Crippen molar-refractivity contribution in [3.05, 3.63) is 78.4 Å². The van der Waals surface area contributed by atoms with Gasteiger partial charge in [0.15, 0.2) is 0 Å². The second-order valence-corrected chi connectivity index (χ2v) is 6.96. The van der Waals surface area contributed by atoms with Crippen molar-refractivity contribution < 1.29 is 4.74 Å². The summed E-state index contributed by atoms with van der Waals surface area (Å²) in [5, 5.41) is 3.76. The number of imidazole rings is 1. The predicted molar refractivity (Wildman–Crippen MR) is 109 cm³/mol. The van der Waals surface area contributed by atoms with Crippen LogP contribution in [-0.4, -0.2) is 16.2 Å². The quantitative estimate of drug-likeness (QED) is 0.546. The Balaban J connectivity index is 1.77. The predicted octanol–water partition coefficient (Wildman–Crippen LogP) is 5.25. The van der Waals surface area contributed by atoms with E-state index in [0.717, 1.165) is 39.4 Å². The molecule has 3 aromatic carbocycles. The molecule has 4 nitrogen and oxygen atoms in total. The summed E-state index contributed by atoms with van der Waals surface area (Å²) < 4.78 is 7.93. The summed E-state index contributed by atoms with van der Waals surface area (Å²) >= 11 is 0. The number of hydrogen-bond acceptors (Lipinski definition) is 3. The third-order valence-electron chi connectivity index (χ3n) is 5.28. The fraction of sp³-hybridized carbons (Fsp3) is 0.174. The zero-order valence-corrected chi connectivity index (χ0v) is 15.4. The highest BCUT2D eigenvalue weighted by atomic mass is 16.5. The Morgan fingerprint density at radius 3 is 2.52 bits per heavy atom. The number of nitrogens with zero attached hydrogens (tertiary/aromatic N) is 2. The van der Waals surface area contributed by atoms with Gasteiger partial charge in [-0.15, -0.1) is 0 Å². The van der Waals surface area contributed by atoms with E-state index in [4.69, 9.17) is 9.72 Å². The van der Waals surface area contributed by atoms with Gasteiger partial charge in [-0.05, 0) is 55.8 Å². The van der Waals surface area contributed by atoms with Crippen LogP contribution in [0.15, 0.2) is 72.8 Å². The van der Waals surface area contributed by atoms with Crippen LogP contribution in [0, 0.1) is 0 Å². The van der Waals surface area contributed by atoms with E-state index in [-0.39, 0.29) is 0 Å². The van der Waals surface area contributed by atoms with Gasteiger partial charge < -0.3 is 10.1 Å². The molecule has 1 N–H and O–H groups in total. The molecule has 0 amide bonds. The normalized spacial score (nSPS) is 17.9. The Morgan fingerprint density at radius 1 is 0.963 bits per heavy atom. The SMILES string of the molecule is CCOc1ccc([C@@]2(C)Nc3ccccc3-c3nc4ccccc4n32)cc1. The molecule has 0 aliphatic carbocycles. The maximum Gasteiger partial charge on any atom is 0.145 e. The van der Waals surface area contributed by atoms with Gasteiger partial charge in [-0.25, -0.2) is 4.98 Å². The molecule has 0 bridgehead atoms. The zero-order valence-electron chi connectivity index (χ0n) is 15.4. The van der Waals surface area contributed by atoms with Crippen LogP contribution in [0.4, 0.5) is 5.69 Å². The third-order valence-corrected chi connectivity index (χ3v) is 5.28. The van der Waals surface area contributed by atoms with E-state index < -0.39 is 5.66 Å². The lowest BCUT2D eigenvalue weighted by Gasteiger charge is -2.40. The number of fused-ring (bicyclic) bond motifs is 5. The van der Waals surface area contributed by atoms with Crippen LogP contribution in [0.5, 0.6) is 5.75 Å². The minimum absolute atomic E-state index is 0.454. The molecule has 0 unspecified atom stereocenters. The van der Waals surface area contributed by atoms with Gasteiger partial charge in [-0.1, -0.05) is 36.4 Å². The van der Waals surface area contributed by atoms with Crippen molar-refractivity contribution in [2.75, 3.05) is 11.9 Å². The largest absolute Gasteiger partial charge is 0.494 e. The molecular formula is C23H21N3O. The van der Waals surface area contributed by atoms with Crippen LogP contribution >= 0.6 is 0 Å². The standard InChI is InChI=1S/C23H21N3O/c1-3-27-17-14-12-16(13-15-17)23(2)25-19-9-5-4-8-18(19)22-24-20-10-6-7-11-21(20)26(22)23/h4-15,25H,3H2,1-2H3/t23-/m0/s1. The maximum atomic E-state index is 5.62. The Bertz CT molecular complexity index is 1130. The van der Waals surface area contributed by atoms with Crippen LogP contribution in [0.25, 0.3) is 22.4 Å². The smallest absolute Gasteiger partial charge is 0.145 e. The van der Waals surface area contributed by atoms with Crippen LogP contribution in [0.2, 0.25) is 0 Å². The van der Waals surface area contributed by atoms with Gasteiger partial charge in [-0.2, -0.15) is 0 Å². The summed E-state index contributed by atoms with van der Waals surface area (Å²) in [7, 11) is 0. The summed E-state index contributed by atoms with van der Waals surface area (Å²) in [6.07, 6.45) is 0. The topological polar surface area (TPSA) is 39.1 Å². The molecule has 0 saturated carbocycles. The highest BCUT2D eigenvalue weighted by Gasteiger charge is 2.37. The maximum absolute atomic E-state index is 5.62. The Morgan fingerprint density at radius 2 is 1.70 bits per heavy atom. The summed E-state index contributed by atoms with van der Waals surface area (Å²) in [5.74, 6) is 1.87. The lowest BCUT2D eigenvalue weighted by molar-refractivity contribution is 0.339. The summed E-state index contributed by atoms with van der Waals surface area (Å²) in [4.78, 5) is 4.96. The first-order chi connectivity index (χ1) is 13.2. The number of para-hydroxylation sites is 3. The molecule has 4 aromatic rings. The lowest BCUT2D eigenvalue weighted by Crippen LogP contribution is -2.42. The summed E-state index contributed by atoms with van der Waals surface area (Å²) in [6.45, 7) is 4.87. The molecule has 0 saturated heterocycles. The monoisotopic (exact) mass is 355 g/mol. The van der Waals surface area contributed by atoms with Crippen molar-refractivity contribution in [3.63, 3.8) is 0 Å². The first kappa shape index (κ1) is 15.9. The minimum atomic E-state index is -0.454. The molecule has 0 spiro atoms. The Labute approximate surface area is 158 Å². The van der Waals surface area contributed by atoms with Crippen molar-refractivity contribution in [2.45, 2.75) is 19.5 Å². The van der Waals surface area contributed by atoms with Crippen molar-refractivity contribution in [2.24, 2.45) is 0 Å². The van der Waals surface area contributed by atoms with E-state index in [2.05, 4.69) is 71.4 Å². The number of aromatic nitrogens is 2. The second-order valence-electron chi connectivity index (χ2n) is 6.96. The van der Waals surface area contributed by atoms with Crippen LogP contribution in [0.1, 0.15) is 19.4 Å². The Hall–Kier alpha value is -3.27. The summed E-state index contributed by atoms with van der Waals surface area (Å²) in [6, 6.07) is 25.0. The first-order valence-electron chi connectivity index (χ1n) is 9.29. The second kappa shape index (κ2) is 5.88. The number of nitrogens with one attached hydrogen (secondary N) is 1. The van der Waals surface area contributed by atoms with E-state index in [9.17, 15) is 0 Å². The molecule has 5 rings (SSSR count). The molecule has 1 atom stereocenters. The lowest BCUT2D eigenvalue weighted by atomic mass is 9.95. The highest BCUT2D eigenvalue weighted by molar-refractivity contribution is 5.87. The number of anilines is 1. The molecule has 27 heavy (non-hydrogen) atoms. The fourth-order valence-corrected chi connectivity index (χ4v) is 4.01. The van der Waals surface area contributed by atoms with Crippen LogP contribution < -0.4 is 10.1 Å². The zero-order chi connectivity index (χ0) is 18.4. The van der Waals surface area contributed by atoms with Crippen LogP contribution in [0.3, 0.4) is 0 Å². The van der Waals surface area contributed by atoms with Crippen LogP contribution in [-0.2, 0) is 5.66 Å². The minimum Gasteiger partial charge on any atom is -0.494 e. The van der Waals surface area contributed by atoms with Crippen molar-refractivity contribution in [1.82, 2.24) is 9.55 Å². The molecule has 134 valence electrons. The van der Waals surface area contributed by atoms with E-state index in [1.165, 1.54) is 0 Å². The number of rotatable bonds is 3. The molecule has 1 aliphatic rings. The van der Waals surface area contributed by atoms with Crippen molar-refractivity contribution in [1.29, 1.82) is 0 Å². The van der Waals surface area contributed by atoms with E-state index >= 15 is 0 Å². The van der Waals surface area contributed by atoms with E-state index in [1.54, 1.807) is 0 Å². The van der Waals surface area contributed by atoms with Gasteiger partial charge in [0, 0.05) is 11.3 Å². The summed E-state index contributed by atoms with van der Waals surface area (Å²) in [5.41, 5.74) is 5.04. The van der Waals surface area contributed by atoms with Gasteiger partial charge >= 0.3 is 0 Å². The van der Waals surface area contributed by atoms with Gasteiger partial charge in [0.1, 0.15) is 17.2 Å². The number of benzene rings is 3. The molecule has 1 aliphatic heterocycles. The molecular weight excluding hydrogens is 334 g/mol. The van der Waals surface area contributed by atoms with E-state index in [1.807, 2.05) is 25.1 Å². The van der Waals surface area contributed by atoms with Gasteiger partial charge in [-0.3, -0.25) is 4.57 Å².